The Balaban J connectivity index is 1.49. The molecule has 1 aliphatic heterocycles. The first-order chi connectivity index (χ1) is 12.3. The SMILES string of the molecule is O=C(NCCn1nc([C@H]2CCNC2)c2nccnc21)c1ccccc1. The molecule has 0 unspecified atom stereocenters. The molecule has 2 aromatic heterocycles. The van der Waals surface area contributed by atoms with Crippen LogP contribution in [0.2, 0.25) is 0 Å². The highest BCUT2D eigenvalue weighted by Crippen LogP contribution is 2.26. The maximum Gasteiger partial charge on any atom is 0.251 e. The van der Waals surface area contributed by atoms with E-state index in [2.05, 4.69) is 20.6 Å². The molecule has 0 bridgehead atoms. The topological polar surface area (TPSA) is 84.7 Å². The Morgan fingerprint density at radius 2 is 2.08 bits per heavy atom. The molecule has 1 aliphatic rings. The highest BCUT2D eigenvalue weighted by atomic mass is 16.1. The third-order valence-electron chi connectivity index (χ3n) is 4.49. The van der Waals surface area contributed by atoms with Crippen molar-refractivity contribution in [1.29, 1.82) is 0 Å². The Bertz CT molecular complexity index is 870. The van der Waals surface area contributed by atoms with E-state index >= 15 is 0 Å². The summed E-state index contributed by atoms with van der Waals surface area (Å²) < 4.78 is 1.85. The highest BCUT2D eigenvalue weighted by Gasteiger charge is 2.24. The third-order valence-corrected chi connectivity index (χ3v) is 4.49. The van der Waals surface area contributed by atoms with Crippen LogP contribution in [0.4, 0.5) is 0 Å². The third kappa shape index (κ3) is 3.23. The number of rotatable bonds is 5. The number of carbonyl (C=O) groups excluding carboxylic acids is 1. The molecule has 0 radical (unpaired) electrons. The molecule has 2 N–H and O–H groups in total. The van der Waals surface area contributed by atoms with E-state index in [4.69, 9.17) is 5.10 Å². The number of fused-ring (bicyclic) bond motifs is 1. The second-order valence-corrected chi connectivity index (χ2v) is 6.15. The van der Waals surface area contributed by atoms with Crippen LogP contribution in [0.25, 0.3) is 11.2 Å². The van der Waals surface area contributed by atoms with Gasteiger partial charge < -0.3 is 10.6 Å². The van der Waals surface area contributed by atoms with Gasteiger partial charge in [0.2, 0.25) is 0 Å². The van der Waals surface area contributed by atoms with E-state index in [1.165, 1.54) is 0 Å². The van der Waals surface area contributed by atoms with Gasteiger partial charge in [0.15, 0.2) is 5.65 Å². The van der Waals surface area contributed by atoms with E-state index < -0.39 is 0 Å². The molecular weight excluding hydrogens is 316 g/mol. The van der Waals surface area contributed by atoms with E-state index in [1.54, 1.807) is 24.5 Å². The number of nitrogens with zero attached hydrogens (tertiary/aromatic N) is 4. The zero-order chi connectivity index (χ0) is 17.1. The van der Waals surface area contributed by atoms with E-state index in [-0.39, 0.29) is 5.91 Å². The largest absolute Gasteiger partial charge is 0.350 e. The van der Waals surface area contributed by atoms with Crippen LogP contribution >= 0.6 is 0 Å². The van der Waals surface area contributed by atoms with Gasteiger partial charge in [-0.2, -0.15) is 5.10 Å². The number of amides is 1. The molecule has 0 saturated carbocycles. The molecule has 0 aliphatic carbocycles. The average molecular weight is 336 g/mol. The minimum atomic E-state index is -0.0802. The van der Waals surface area contributed by atoms with Crippen molar-refractivity contribution in [2.45, 2.75) is 18.9 Å². The average Bonchev–Trinajstić information content (AvgIpc) is 3.30. The standard InChI is InChI=1S/C18H20N6O/c25-18(13-4-2-1-3-5-13)22-10-11-24-17-16(20-8-9-21-17)15(23-24)14-6-7-19-12-14/h1-5,8-9,14,19H,6-7,10-12H2,(H,22,25)/t14-/m0/s1. The number of hydrogen-bond acceptors (Lipinski definition) is 5. The molecule has 0 spiro atoms. The van der Waals surface area contributed by atoms with Crippen molar-refractivity contribution in [1.82, 2.24) is 30.4 Å². The number of carbonyl (C=O) groups is 1. The Labute approximate surface area is 145 Å². The lowest BCUT2D eigenvalue weighted by Gasteiger charge is -2.06. The molecule has 1 aromatic carbocycles. The smallest absolute Gasteiger partial charge is 0.251 e. The van der Waals surface area contributed by atoms with Gasteiger partial charge in [-0.1, -0.05) is 18.2 Å². The minimum absolute atomic E-state index is 0.0802. The summed E-state index contributed by atoms with van der Waals surface area (Å²) in [4.78, 5) is 21.0. The van der Waals surface area contributed by atoms with Crippen LogP contribution in [0.3, 0.4) is 0 Å². The quantitative estimate of drug-likeness (QED) is 0.734. The fraction of sp³-hybridized carbons (Fsp3) is 0.333. The predicted octanol–water partition coefficient (Wildman–Crippen LogP) is 1.33. The summed E-state index contributed by atoms with van der Waals surface area (Å²) in [6.07, 6.45) is 4.45. The van der Waals surface area contributed by atoms with Gasteiger partial charge in [-0.05, 0) is 25.1 Å². The van der Waals surface area contributed by atoms with E-state index in [1.807, 2.05) is 22.9 Å². The van der Waals surface area contributed by atoms with Gasteiger partial charge in [-0.15, -0.1) is 0 Å². The summed E-state index contributed by atoms with van der Waals surface area (Å²) in [5, 5.41) is 11.0. The molecule has 1 amide bonds. The van der Waals surface area contributed by atoms with Crippen molar-refractivity contribution < 1.29 is 4.79 Å². The Kier molecular flexibility index (Phi) is 4.39. The number of hydrogen-bond donors (Lipinski definition) is 2. The fourth-order valence-corrected chi connectivity index (χ4v) is 3.21. The zero-order valence-electron chi connectivity index (χ0n) is 13.9. The van der Waals surface area contributed by atoms with E-state index in [0.29, 0.717) is 24.6 Å². The lowest BCUT2D eigenvalue weighted by Crippen LogP contribution is -2.27. The molecule has 7 nitrogen and oxygen atoms in total. The van der Waals surface area contributed by atoms with Gasteiger partial charge in [0.25, 0.3) is 5.91 Å². The van der Waals surface area contributed by atoms with Crippen molar-refractivity contribution in [3.05, 3.63) is 54.0 Å². The maximum absolute atomic E-state index is 12.1. The summed E-state index contributed by atoms with van der Waals surface area (Å²) in [7, 11) is 0. The number of benzene rings is 1. The lowest BCUT2D eigenvalue weighted by molar-refractivity contribution is 0.0952. The number of aromatic nitrogens is 4. The molecule has 1 fully saturated rings. The first-order valence-electron chi connectivity index (χ1n) is 8.54. The molecule has 3 heterocycles. The van der Waals surface area contributed by atoms with Crippen molar-refractivity contribution in [2.75, 3.05) is 19.6 Å². The van der Waals surface area contributed by atoms with Crippen LogP contribution in [0.5, 0.6) is 0 Å². The molecular formula is C18H20N6O. The monoisotopic (exact) mass is 336 g/mol. The first-order valence-corrected chi connectivity index (χ1v) is 8.54. The van der Waals surface area contributed by atoms with Crippen LogP contribution in [0, 0.1) is 0 Å². The molecule has 1 atom stereocenters. The van der Waals surface area contributed by atoms with Crippen LogP contribution < -0.4 is 10.6 Å². The fourth-order valence-electron chi connectivity index (χ4n) is 3.21. The summed E-state index contributed by atoms with van der Waals surface area (Å²) in [6.45, 7) is 2.98. The van der Waals surface area contributed by atoms with Crippen molar-refractivity contribution in [3.8, 4) is 0 Å². The van der Waals surface area contributed by atoms with E-state index in [0.717, 1.165) is 36.4 Å². The van der Waals surface area contributed by atoms with Gasteiger partial charge in [-0.3, -0.25) is 4.79 Å². The predicted molar refractivity (Wildman–Crippen MR) is 94.3 cm³/mol. The molecule has 25 heavy (non-hydrogen) atoms. The van der Waals surface area contributed by atoms with Crippen molar-refractivity contribution in [3.63, 3.8) is 0 Å². The Morgan fingerprint density at radius 1 is 1.24 bits per heavy atom. The summed E-state index contributed by atoms with van der Waals surface area (Å²) >= 11 is 0. The molecule has 7 heteroatoms. The summed E-state index contributed by atoms with van der Waals surface area (Å²) in [5.41, 5.74) is 3.30. The Morgan fingerprint density at radius 3 is 2.88 bits per heavy atom. The first kappa shape index (κ1) is 15.7. The van der Waals surface area contributed by atoms with Gasteiger partial charge in [0.1, 0.15) is 5.52 Å². The molecule has 3 aromatic rings. The minimum Gasteiger partial charge on any atom is -0.350 e. The van der Waals surface area contributed by atoms with Gasteiger partial charge in [0, 0.05) is 37.0 Å². The van der Waals surface area contributed by atoms with Gasteiger partial charge >= 0.3 is 0 Å². The molecule has 4 rings (SSSR count). The van der Waals surface area contributed by atoms with Crippen LogP contribution in [0.1, 0.15) is 28.4 Å². The van der Waals surface area contributed by atoms with Gasteiger partial charge in [0.05, 0.1) is 12.2 Å². The number of nitrogens with one attached hydrogen (secondary N) is 2. The normalized spacial score (nSPS) is 17.0. The second-order valence-electron chi connectivity index (χ2n) is 6.15. The summed E-state index contributed by atoms with van der Waals surface area (Å²) in [5.74, 6) is 0.294. The summed E-state index contributed by atoms with van der Waals surface area (Å²) in [6, 6.07) is 9.20. The van der Waals surface area contributed by atoms with Crippen LogP contribution in [-0.4, -0.2) is 45.3 Å². The van der Waals surface area contributed by atoms with Crippen molar-refractivity contribution >= 4 is 17.1 Å². The van der Waals surface area contributed by atoms with Gasteiger partial charge in [-0.25, -0.2) is 14.6 Å². The lowest BCUT2D eigenvalue weighted by atomic mass is 10.0. The molecule has 128 valence electrons. The van der Waals surface area contributed by atoms with Crippen molar-refractivity contribution in [2.24, 2.45) is 0 Å². The van der Waals surface area contributed by atoms with Crippen LogP contribution in [-0.2, 0) is 6.54 Å². The van der Waals surface area contributed by atoms with Crippen LogP contribution in [0.15, 0.2) is 42.7 Å². The zero-order valence-corrected chi connectivity index (χ0v) is 13.9. The maximum atomic E-state index is 12.1. The Hall–Kier alpha value is -2.80. The highest BCUT2D eigenvalue weighted by molar-refractivity contribution is 5.94. The van der Waals surface area contributed by atoms with E-state index in [9.17, 15) is 4.79 Å². The second kappa shape index (κ2) is 6.98. The molecule has 1 saturated heterocycles.